The second-order valence-corrected chi connectivity index (χ2v) is 8.66. The molecule has 1 amide bonds. The van der Waals surface area contributed by atoms with Crippen molar-refractivity contribution in [3.8, 4) is 0 Å². The third-order valence-electron chi connectivity index (χ3n) is 5.77. The third-order valence-corrected chi connectivity index (χ3v) is 6.10. The fourth-order valence-electron chi connectivity index (χ4n) is 4.01. The van der Waals surface area contributed by atoms with E-state index in [4.69, 9.17) is 16.0 Å². The third kappa shape index (κ3) is 3.62. The fraction of sp³-hybridized carbons (Fsp3) is 0.304. The van der Waals surface area contributed by atoms with Crippen LogP contribution in [0.4, 0.5) is 5.69 Å². The molecule has 29 heavy (non-hydrogen) atoms. The maximum Gasteiger partial charge on any atom is 0.307 e. The fourth-order valence-corrected chi connectivity index (χ4v) is 4.22. The Hall–Kier alpha value is -2.79. The van der Waals surface area contributed by atoms with Gasteiger partial charge in [-0.05, 0) is 56.0 Å². The molecule has 3 aromatic rings. The molecule has 2 heterocycles. The summed E-state index contributed by atoms with van der Waals surface area (Å²) in [5.74, 6) is 0.226. The highest BCUT2D eigenvalue weighted by Crippen LogP contribution is 2.44. The molecule has 1 aliphatic heterocycles. The Kier molecular flexibility index (Phi) is 4.87. The van der Waals surface area contributed by atoms with Gasteiger partial charge in [-0.25, -0.2) is 5.43 Å². The molecule has 5 nitrogen and oxygen atoms in total. The number of nitrogens with one attached hydrogen (secondary N) is 1. The topological polar surface area (TPSA) is 57.8 Å². The van der Waals surface area contributed by atoms with Crippen molar-refractivity contribution in [1.82, 2.24) is 5.43 Å². The number of para-hydroxylation sites is 1. The first kappa shape index (κ1) is 19.5. The number of halogens is 1. The number of carbonyl (C=O) groups is 1. The van der Waals surface area contributed by atoms with E-state index in [1.54, 1.807) is 12.3 Å². The van der Waals surface area contributed by atoms with E-state index in [9.17, 15) is 4.79 Å². The zero-order valence-electron chi connectivity index (χ0n) is 17.0. The summed E-state index contributed by atoms with van der Waals surface area (Å²) in [5.41, 5.74) is 6.41. The highest BCUT2D eigenvalue weighted by Gasteiger charge is 2.34. The first-order chi connectivity index (χ1) is 13.8. The maximum atomic E-state index is 12.3. The molecule has 1 aliphatic rings. The van der Waals surface area contributed by atoms with E-state index in [-0.39, 0.29) is 11.3 Å². The first-order valence-corrected chi connectivity index (χ1v) is 10.0. The van der Waals surface area contributed by atoms with Crippen LogP contribution in [-0.2, 0) is 0 Å². The molecule has 0 spiro atoms. The molecule has 150 valence electrons. The number of hydrazone groups is 1. The molecule has 0 saturated carbocycles. The Bertz CT molecular complexity index is 1080. The van der Waals surface area contributed by atoms with Crippen LogP contribution in [0.25, 0.3) is 11.0 Å². The van der Waals surface area contributed by atoms with Gasteiger partial charge < -0.3 is 9.32 Å². The van der Waals surface area contributed by atoms with Crippen molar-refractivity contribution < 1.29 is 9.21 Å². The van der Waals surface area contributed by atoms with Crippen molar-refractivity contribution in [1.29, 1.82) is 0 Å². The number of fused-ring (bicyclic) bond motifs is 2. The van der Waals surface area contributed by atoms with E-state index in [0.717, 1.165) is 23.1 Å². The number of hydrogen-bond acceptors (Lipinski definition) is 4. The van der Waals surface area contributed by atoms with E-state index in [2.05, 4.69) is 49.3 Å². The van der Waals surface area contributed by atoms with Crippen molar-refractivity contribution in [3.63, 3.8) is 0 Å². The minimum absolute atomic E-state index is 0.0753. The minimum Gasteiger partial charge on any atom is -0.451 e. The monoisotopic (exact) mass is 409 g/mol. The largest absolute Gasteiger partial charge is 0.451 e. The maximum absolute atomic E-state index is 12.3. The smallest absolute Gasteiger partial charge is 0.307 e. The lowest BCUT2D eigenvalue weighted by Gasteiger charge is -2.45. The summed E-state index contributed by atoms with van der Waals surface area (Å²) in [5, 5.41) is 5.56. The minimum atomic E-state index is -0.401. The molecule has 0 radical (unpaired) electrons. The standard InChI is InChI=1S/C23H24ClN3O2/c1-14-12-23(2,3)27(4)19-11-18(24)16(9-17(14)19)13-25-26-22(28)21-10-15-7-5-6-8-20(15)29-21/h5-11,13-14H,12H2,1-4H3,(H,26,28)/b25-13+/t14-/m1/s1. The van der Waals surface area contributed by atoms with E-state index in [1.165, 1.54) is 5.56 Å². The van der Waals surface area contributed by atoms with E-state index in [1.807, 2.05) is 30.3 Å². The normalized spacial score (nSPS) is 18.2. The highest BCUT2D eigenvalue weighted by molar-refractivity contribution is 6.33. The van der Waals surface area contributed by atoms with Crippen molar-refractivity contribution in [2.45, 2.75) is 38.6 Å². The summed E-state index contributed by atoms with van der Waals surface area (Å²) < 4.78 is 5.56. The number of anilines is 1. The van der Waals surface area contributed by atoms with Gasteiger partial charge >= 0.3 is 5.91 Å². The van der Waals surface area contributed by atoms with Gasteiger partial charge in [-0.2, -0.15) is 5.10 Å². The van der Waals surface area contributed by atoms with Gasteiger partial charge in [-0.15, -0.1) is 0 Å². The quantitative estimate of drug-likeness (QED) is 0.454. The van der Waals surface area contributed by atoms with Crippen LogP contribution in [0.2, 0.25) is 5.02 Å². The number of amides is 1. The van der Waals surface area contributed by atoms with E-state index < -0.39 is 5.91 Å². The van der Waals surface area contributed by atoms with Crippen molar-refractivity contribution in [2.75, 3.05) is 11.9 Å². The number of rotatable bonds is 3. The van der Waals surface area contributed by atoms with Crippen LogP contribution in [-0.4, -0.2) is 24.7 Å². The molecule has 0 unspecified atom stereocenters. The van der Waals surface area contributed by atoms with Crippen LogP contribution >= 0.6 is 11.6 Å². The number of carbonyl (C=O) groups excluding carboxylic acids is 1. The van der Waals surface area contributed by atoms with Gasteiger partial charge in [0.1, 0.15) is 5.58 Å². The van der Waals surface area contributed by atoms with E-state index in [0.29, 0.717) is 16.5 Å². The zero-order valence-corrected chi connectivity index (χ0v) is 17.7. The van der Waals surface area contributed by atoms with Crippen molar-refractivity contribution >= 4 is 40.4 Å². The zero-order chi connectivity index (χ0) is 20.8. The van der Waals surface area contributed by atoms with Crippen LogP contribution in [0.5, 0.6) is 0 Å². The summed E-state index contributed by atoms with van der Waals surface area (Å²) in [6, 6.07) is 13.2. The van der Waals surface area contributed by atoms with Gasteiger partial charge in [-0.3, -0.25) is 4.79 Å². The highest BCUT2D eigenvalue weighted by atomic mass is 35.5. The summed E-state index contributed by atoms with van der Waals surface area (Å²) >= 11 is 6.50. The lowest BCUT2D eigenvalue weighted by Crippen LogP contribution is -2.45. The van der Waals surface area contributed by atoms with Crippen LogP contribution in [0, 0.1) is 0 Å². The summed E-state index contributed by atoms with van der Waals surface area (Å²) in [4.78, 5) is 14.6. The molecular weight excluding hydrogens is 386 g/mol. The lowest BCUT2D eigenvalue weighted by atomic mass is 9.80. The number of nitrogens with zero attached hydrogens (tertiary/aromatic N) is 2. The molecule has 1 N–H and O–H groups in total. The van der Waals surface area contributed by atoms with Gasteiger partial charge in [0.05, 0.1) is 11.2 Å². The van der Waals surface area contributed by atoms with Gasteiger partial charge in [0.15, 0.2) is 5.76 Å². The Morgan fingerprint density at radius 2 is 2.07 bits per heavy atom. The molecule has 6 heteroatoms. The predicted molar refractivity (Wildman–Crippen MR) is 118 cm³/mol. The lowest BCUT2D eigenvalue weighted by molar-refractivity contribution is 0.0929. The first-order valence-electron chi connectivity index (χ1n) is 9.65. The van der Waals surface area contributed by atoms with Crippen molar-refractivity contribution in [3.05, 3.63) is 64.4 Å². The summed E-state index contributed by atoms with van der Waals surface area (Å²) in [7, 11) is 2.10. The Morgan fingerprint density at radius 1 is 1.31 bits per heavy atom. The molecule has 0 bridgehead atoms. The molecule has 1 aromatic heterocycles. The van der Waals surface area contributed by atoms with Gasteiger partial charge in [0.25, 0.3) is 0 Å². The number of hydrogen-bond donors (Lipinski definition) is 1. The second-order valence-electron chi connectivity index (χ2n) is 8.26. The Morgan fingerprint density at radius 3 is 2.83 bits per heavy atom. The molecule has 1 atom stereocenters. The summed E-state index contributed by atoms with van der Waals surface area (Å²) in [6.07, 6.45) is 2.63. The predicted octanol–water partition coefficient (Wildman–Crippen LogP) is 5.57. The number of furan rings is 1. The summed E-state index contributed by atoms with van der Waals surface area (Å²) in [6.45, 7) is 6.71. The average molecular weight is 410 g/mol. The molecule has 0 saturated heterocycles. The SMILES string of the molecule is C[C@@H]1CC(C)(C)N(C)c2cc(Cl)c(/C=N/NC(=O)c3cc4ccccc4o3)cc21. The van der Waals surface area contributed by atoms with Crippen LogP contribution in [0.1, 0.15) is 54.8 Å². The van der Waals surface area contributed by atoms with Gasteiger partial charge in [0.2, 0.25) is 0 Å². The Balaban J connectivity index is 1.54. The van der Waals surface area contributed by atoms with E-state index >= 15 is 0 Å². The molecule has 0 aliphatic carbocycles. The Labute approximate surface area is 175 Å². The average Bonchev–Trinajstić information content (AvgIpc) is 3.11. The van der Waals surface area contributed by atoms with Gasteiger partial charge in [0, 0.05) is 29.2 Å². The molecule has 0 fully saturated rings. The van der Waals surface area contributed by atoms with Crippen LogP contribution in [0.3, 0.4) is 0 Å². The van der Waals surface area contributed by atoms with Crippen LogP contribution in [0.15, 0.2) is 52.0 Å². The van der Waals surface area contributed by atoms with Gasteiger partial charge in [-0.1, -0.05) is 36.7 Å². The number of benzene rings is 2. The van der Waals surface area contributed by atoms with Crippen LogP contribution < -0.4 is 10.3 Å². The second kappa shape index (κ2) is 7.23. The molecular formula is C23H24ClN3O2. The molecule has 4 rings (SSSR count). The van der Waals surface area contributed by atoms with Crippen molar-refractivity contribution in [2.24, 2.45) is 5.10 Å². The molecule has 2 aromatic carbocycles.